The van der Waals surface area contributed by atoms with Gasteiger partial charge in [-0.2, -0.15) is 0 Å². The van der Waals surface area contributed by atoms with Crippen LogP contribution in [0.2, 0.25) is 0 Å². The van der Waals surface area contributed by atoms with Gasteiger partial charge < -0.3 is 15.5 Å². The number of carbonyl (C=O) groups excluding carboxylic acids is 1. The Hall–Kier alpha value is -0.660. The predicted octanol–water partition coefficient (Wildman–Crippen LogP) is -1.48. The third-order valence-electron chi connectivity index (χ3n) is 2.72. The molecule has 1 aliphatic rings. The lowest BCUT2D eigenvalue weighted by molar-refractivity contribution is -0.129. The molecule has 0 radical (unpaired) electrons. The first-order valence-corrected chi connectivity index (χ1v) is 7.54. The minimum atomic E-state index is -3.37. The van der Waals surface area contributed by atoms with Crippen LogP contribution >= 0.6 is 0 Å². The molecule has 1 fully saturated rings. The lowest BCUT2D eigenvalue weighted by Gasteiger charge is -2.32. The minimum Gasteiger partial charge on any atom is -0.339 e. The Morgan fingerprint density at radius 1 is 1.29 bits per heavy atom. The fraction of sp³-hybridized carbons (Fsp3) is 0.900. The summed E-state index contributed by atoms with van der Waals surface area (Å²) < 4.78 is 23.2. The van der Waals surface area contributed by atoms with Crippen molar-refractivity contribution in [2.75, 3.05) is 44.7 Å². The normalized spacial score (nSPS) is 20.3. The maximum absolute atomic E-state index is 11.8. The Morgan fingerprint density at radius 3 is 2.29 bits per heavy atom. The van der Waals surface area contributed by atoms with Crippen molar-refractivity contribution in [1.29, 1.82) is 0 Å². The highest BCUT2D eigenvalue weighted by Crippen LogP contribution is 2.02. The van der Waals surface area contributed by atoms with Gasteiger partial charge in [-0.3, -0.25) is 4.79 Å². The molecule has 2 N–H and O–H groups in total. The first kappa shape index (κ1) is 14.4. The summed E-state index contributed by atoms with van der Waals surface area (Å²) in [6, 6.07) is -0.430. The number of hydrogen-bond donors (Lipinski definition) is 1. The summed E-state index contributed by atoms with van der Waals surface area (Å²) in [5.41, 5.74) is 5.44. The number of sulfone groups is 1. The monoisotopic (exact) mass is 263 g/mol. The molecule has 0 aromatic heterocycles. The highest BCUT2D eigenvalue weighted by atomic mass is 32.2. The van der Waals surface area contributed by atoms with Crippen molar-refractivity contribution in [2.24, 2.45) is 5.73 Å². The van der Waals surface area contributed by atoms with E-state index >= 15 is 0 Å². The molecule has 1 heterocycles. The SMILES string of the molecule is CC(N)CS(=O)(=O)CC(=O)N1CCN(C)CC1. The van der Waals surface area contributed by atoms with Crippen LogP contribution < -0.4 is 5.73 Å². The first-order valence-electron chi connectivity index (χ1n) is 5.72. The number of rotatable bonds is 4. The van der Waals surface area contributed by atoms with Crippen LogP contribution in [0.3, 0.4) is 0 Å². The van der Waals surface area contributed by atoms with Crippen LogP contribution in [-0.4, -0.2) is 74.9 Å². The van der Waals surface area contributed by atoms with E-state index in [9.17, 15) is 13.2 Å². The van der Waals surface area contributed by atoms with Crippen LogP contribution in [0.25, 0.3) is 0 Å². The van der Waals surface area contributed by atoms with Gasteiger partial charge in [-0.1, -0.05) is 0 Å². The fourth-order valence-corrected chi connectivity index (χ4v) is 3.27. The van der Waals surface area contributed by atoms with Gasteiger partial charge >= 0.3 is 0 Å². The van der Waals surface area contributed by atoms with Crippen molar-refractivity contribution in [3.63, 3.8) is 0 Å². The number of carbonyl (C=O) groups is 1. The molecule has 17 heavy (non-hydrogen) atoms. The highest BCUT2D eigenvalue weighted by Gasteiger charge is 2.24. The third kappa shape index (κ3) is 5.01. The van der Waals surface area contributed by atoms with Crippen LogP contribution in [0.4, 0.5) is 0 Å². The predicted molar refractivity (Wildman–Crippen MR) is 66.4 cm³/mol. The van der Waals surface area contributed by atoms with Gasteiger partial charge in [0.15, 0.2) is 9.84 Å². The topological polar surface area (TPSA) is 83.7 Å². The molecule has 1 aliphatic heterocycles. The zero-order chi connectivity index (χ0) is 13.1. The fourth-order valence-electron chi connectivity index (χ4n) is 1.79. The Bertz CT molecular complexity index is 359. The lowest BCUT2D eigenvalue weighted by atomic mass is 10.3. The lowest BCUT2D eigenvalue weighted by Crippen LogP contribution is -2.49. The molecule has 100 valence electrons. The largest absolute Gasteiger partial charge is 0.339 e. The molecular weight excluding hydrogens is 242 g/mol. The quantitative estimate of drug-likeness (QED) is 0.669. The van der Waals surface area contributed by atoms with E-state index in [0.29, 0.717) is 13.1 Å². The van der Waals surface area contributed by atoms with Crippen molar-refractivity contribution in [1.82, 2.24) is 9.80 Å². The van der Waals surface area contributed by atoms with Crippen molar-refractivity contribution >= 4 is 15.7 Å². The zero-order valence-electron chi connectivity index (χ0n) is 10.4. The van der Waals surface area contributed by atoms with Gasteiger partial charge in [-0.15, -0.1) is 0 Å². The summed E-state index contributed by atoms with van der Waals surface area (Å²) in [6.07, 6.45) is 0. The summed E-state index contributed by atoms with van der Waals surface area (Å²) in [6.45, 7) is 4.40. The summed E-state index contributed by atoms with van der Waals surface area (Å²) in [7, 11) is -1.39. The smallest absolute Gasteiger partial charge is 0.237 e. The van der Waals surface area contributed by atoms with E-state index in [1.807, 2.05) is 7.05 Å². The van der Waals surface area contributed by atoms with Crippen molar-refractivity contribution in [3.8, 4) is 0 Å². The van der Waals surface area contributed by atoms with Crippen molar-refractivity contribution < 1.29 is 13.2 Å². The molecule has 0 aromatic carbocycles. The van der Waals surface area contributed by atoms with E-state index in [0.717, 1.165) is 13.1 Å². The van der Waals surface area contributed by atoms with E-state index in [-0.39, 0.29) is 11.7 Å². The number of nitrogens with two attached hydrogens (primary N) is 1. The van der Waals surface area contributed by atoms with Gasteiger partial charge in [0.25, 0.3) is 0 Å². The second-order valence-corrected chi connectivity index (χ2v) is 6.83. The van der Waals surface area contributed by atoms with Crippen LogP contribution in [-0.2, 0) is 14.6 Å². The number of piperazine rings is 1. The van der Waals surface area contributed by atoms with Gasteiger partial charge in [-0.25, -0.2) is 8.42 Å². The molecule has 6 nitrogen and oxygen atoms in total. The molecule has 0 aliphatic carbocycles. The highest BCUT2D eigenvalue weighted by molar-refractivity contribution is 7.92. The van der Waals surface area contributed by atoms with E-state index in [4.69, 9.17) is 5.73 Å². The van der Waals surface area contributed by atoms with E-state index < -0.39 is 21.6 Å². The van der Waals surface area contributed by atoms with E-state index in [1.54, 1.807) is 11.8 Å². The average Bonchev–Trinajstić information content (AvgIpc) is 2.15. The van der Waals surface area contributed by atoms with Gasteiger partial charge in [0, 0.05) is 32.2 Å². The van der Waals surface area contributed by atoms with Crippen LogP contribution in [0.5, 0.6) is 0 Å². The van der Waals surface area contributed by atoms with E-state index in [1.165, 1.54) is 0 Å². The van der Waals surface area contributed by atoms with Gasteiger partial charge in [0.1, 0.15) is 5.75 Å². The molecule has 0 saturated carbocycles. The van der Waals surface area contributed by atoms with Crippen LogP contribution in [0.15, 0.2) is 0 Å². The summed E-state index contributed by atoms with van der Waals surface area (Å²) in [5.74, 6) is -0.858. The van der Waals surface area contributed by atoms with Gasteiger partial charge in [0.05, 0.1) is 5.75 Å². The molecule has 0 spiro atoms. The molecule has 1 amide bonds. The first-order chi connectivity index (χ1) is 7.80. The zero-order valence-corrected chi connectivity index (χ0v) is 11.2. The summed E-state index contributed by atoms with van der Waals surface area (Å²) >= 11 is 0. The maximum atomic E-state index is 11.8. The number of nitrogens with zero attached hydrogens (tertiary/aromatic N) is 2. The van der Waals surface area contributed by atoms with Gasteiger partial charge in [-0.05, 0) is 14.0 Å². The Kier molecular flexibility index (Phi) is 4.91. The number of hydrogen-bond acceptors (Lipinski definition) is 5. The molecule has 0 aromatic rings. The number of amides is 1. The van der Waals surface area contributed by atoms with Crippen LogP contribution in [0, 0.1) is 0 Å². The molecule has 1 atom stereocenters. The molecule has 7 heteroatoms. The van der Waals surface area contributed by atoms with Crippen molar-refractivity contribution in [3.05, 3.63) is 0 Å². The molecule has 1 unspecified atom stereocenters. The maximum Gasteiger partial charge on any atom is 0.237 e. The Morgan fingerprint density at radius 2 is 1.82 bits per heavy atom. The average molecular weight is 263 g/mol. The van der Waals surface area contributed by atoms with Crippen LogP contribution in [0.1, 0.15) is 6.92 Å². The number of likely N-dealkylation sites (N-methyl/N-ethyl adjacent to an activating group) is 1. The van der Waals surface area contributed by atoms with E-state index in [2.05, 4.69) is 4.90 Å². The molecular formula is C10H21N3O3S. The Balaban J connectivity index is 2.49. The second kappa shape index (κ2) is 5.79. The third-order valence-corrected chi connectivity index (χ3v) is 4.44. The standard InChI is InChI=1S/C10H21N3O3S/c1-9(11)7-17(15,16)8-10(14)13-5-3-12(2)4-6-13/h9H,3-8,11H2,1-2H3. The van der Waals surface area contributed by atoms with Crippen molar-refractivity contribution in [2.45, 2.75) is 13.0 Å². The Labute approximate surface area is 103 Å². The minimum absolute atomic E-state index is 0.132. The summed E-state index contributed by atoms with van der Waals surface area (Å²) in [5, 5.41) is 0. The molecule has 1 rings (SSSR count). The molecule has 1 saturated heterocycles. The van der Waals surface area contributed by atoms with Gasteiger partial charge in [0.2, 0.25) is 5.91 Å². The summed E-state index contributed by atoms with van der Waals surface area (Å²) in [4.78, 5) is 15.5. The molecule has 0 bridgehead atoms. The second-order valence-electron chi connectivity index (χ2n) is 4.72.